The molecule has 0 saturated heterocycles. The molecule has 1 aromatic rings. The third-order valence-electron chi connectivity index (χ3n) is 2.93. The third-order valence-corrected chi connectivity index (χ3v) is 3.80. The monoisotopic (exact) mass is 332 g/mol. The highest BCUT2D eigenvalue weighted by molar-refractivity contribution is 6.83. The highest BCUT2D eigenvalue weighted by Crippen LogP contribution is 2.16. The van der Waals surface area contributed by atoms with Crippen molar-refractivity contribution in [3.8, 4) is 11.5 Å². The molecule has 0 aromatic heterocycles. The van der Waals surface area contributed by atoms with Crippen LogP contribution in [0.1, 0.15) is 42.3 Å². The number of rotatable bonds is 2. The number of carbonyl (C=O) groups is 1. The van der Waals surface area contributed by atoms with Gasteiger partial charge in [-0.05, 0) is 50.9 Å². The van der Waals surface area contributed by atoms with E-state index in [9.17, 15) is 14.8 Å². The predicted octanol–water partition coefficient (Wildman–Crippen LogP) is 1.86. The van der Waals surface area contributed by atoms with Crippen LogP contribution in [0.5, 0.6) is 0 Å². The molecule has 0 aliphatic carbocycles. The number of benzene rings is 1. The first-order valence-electron chi connectivity index (χ1n) is 7.57. The van der Waals surface area contributed by atoms with Crippen molar-refractivity contribution in [1.82, 2.24) is 0 Å². The number of carbonyl (C=O) groups excluding carboxylic acids is 1. The summed E-state index contributed by atoms with van der Waals surface area (Å²) in [4.78, 5) is 12.4. The molecule has 0 radical (unpaired) electrons. The lowest BCUT2D eigenvalue weighted by Gasteiger charge is -2.21. The molecule has 0 aliphatic rings. The Morgan fingerprint density at radius 2 is 1.78 bits per heavy atom. The van der Waals surface area contributed by atoms with E-state index in [1.807, 2.05) is 0 Å². The van der Waals surface area contributed by atoms with Crippen molar-refractivity contribution in [3.05, 3.63) is 28.8 Å². The molecule has 1 aromatic carbocycles. The zero-order valence-electron chi connectivity index (χ0n) is 14.9. The zero-order chi connectivity index (χ0) is 18.0. The molecule has 6 heteroatoms. The molecule has 0 atom stereocenters. The second-order valence-electron chi connectivity index (χ2n) is 7.61. The van der Waals surface area contributed by atoms with Crippen LogP contribution in [0.15, 0.2) is 12.1 Å². The first-order valence-corrected chi connectivity index (χ1v) is 11.1. The van der Waals surface area contributed by atoms with Gasteiger partial charge in [0.15, 0.2) is 0 Å². The second kappa shape index (κ2) is 6.92. The Hall–Kier alpha value is -1.55. The molecule has 4 nitrogen and oxygen atoms in total. The molecule has 23 heavy (non-hydrogen) atoms. The molecule has 1 rings (SSSR count). The van der Waals surface area contributed by atoms with Gasteiger partial charge in [-0.15, -0.1) is 5.54 Å². The Morgan fingerprint density at radius 1 is 1.22 bits per heavy atom. The minimum absolute atomic E-state index is 0.272. The molecule has 0 fully saturated rings. The highest BCUT2D eigenvalue weighted by atomic mass is 28.3. The minimum atomic E-state index is -1.66. The van der Waals surface area contributed by atoms with Gasteiger partial charge in [0.05, 0.1) is 5.56 Å². The molecule has 0 spiro atoms. The second-order valence-corrected chi connectivity index (χ2v) is 12.4. The summed E-state index contributed by atoms with van der Waals surface area (Å²) in [5.41, 5.74) is 4.25. The van der Waals surface area contributed by atoms with Gasteiger partial charge in [-0.1, -0.05) is 25.6 Å². The van der Waals surface area contributed by atoms with E-state index in [2.05, 4.69) is 31.1 Å². The van der Waals surface area contributed by atoms with Crippen molar-refractivity contribution < 1.29 is 19.6 Å². The lowest BCUT2D eigenvalue weighted by atomic mass is 9.75. The van der Waals surface area contributed by atoms with Crippen molar-refractivity contribution in [1.29, 1.82) is 0 Å². The number of ether oxygens (including phenoxy) is 1. The fourth-order valence-electron chi connectivity index (χ4n) is 1.88. The summed E-state index contributed by atoms with van der Waals surface area (Å²) in [5.74, 6) is 2.55. The van der Waals surface area contributed by atoms with Crippen LogP contribution in [0.25, 0.3) is 0 Å². The van der Waals surface area contributed by atoms with Crippen molar-refractivity contribution in [2.75, 3.05) is 0 Å². The van der Waals surface area contributed by atoms with Gasteiger partial charge in [0, 0.05) is 5.56 Å². The zero-order valence-corrected chi connectivity index (χ0v) is 15.9. The van der Waals surface area contributed by atoms with E-state index >= 15 is 0 Å². The van der Waals surface area contributed by atoms with Crippen LogP contribution < -0.4 is 5.46 Å². The normalized spacial score (nSPS) is 11.5. The maximum absolute atomic E-state index is 12.4. The number of hydrogen-bond acceptors (Lipinski definition) is 4. The van der Waals surface area contributed by atoms with E-state index in [-0.39, 0.29) is 5.46 Å². The molecule has 0 amide bonds. The average Bonchev–Trinajstić information content (AvgIpc) is 2.33. The number of hydrogen-bond donors (Lipinski definition) is 2. The summed E-state index contributed by atoms with van der Waals surface area (Å²) < 4.78 is 5.40. The van der Waals surface area contributed by atoms with Crippen molar-refractivity contribution in [2.45, 2.75) is 52.9 Å². The van der Waals surface area contributed by atoms with Gasteiger partial charge < -0.3 is 14.8 Å². The smallest absolute Gasteiger partial charge is 0.456 e. The quantitative estimate of drug-likeness (QED) is 0.493. The molecular formula is C17H25BO4Si. The Balaban J connectivity index is 3.41. The molecule has 0 bridgehead atoms. The topological polar surface area (TPSA) is 66.8 Å². The van der Waals surface area contributed by atoms with Crippen LogP contribution in [0.2, 0.25) is 19.6 Å². The van der Waals surface area contributed by atoms with E-state index < -0.39 is 26.8 Å². The van der Waals surface area contributed by atoms with E-state index in [4.69, 9.17) is 4.74 Å². The summed E-state index contributed by atoms with van der Waals surface area (Å²) >= 11 is 0. The fourth-order valence-corrected chi connectivity index (χ4v) is 2.40. The summed E-state index contributed by atoms with van der Waals surface area (Å²) in [7, 11) is -3.25. The van der Waals surface area contributed by atoms with Crippen LogP contribution in [-0.2, 0) is 4.74 Å². The Kier molecular flexibility index (Phi) is 5.86. The van der Waals surface area contributed by atoms with E-state index in [0.29, 0.717) is 16.7 Å². The first kappa shape index (κ1) is 19.5. The Labute approximate surface area is 140 Å². The summed E-state index contributed by atoms with van der Waals surface area (Å²) in [6.07, 6.45) is 0. The van der Waals surface area contributed by atoms with Gasteiger partial charge in [-0.25, -0.2) is 4.79 Å². The van der Waals surface area contributed by atoms with Crippen molar-refractivity contribution >= 4 is 26.6 Å². The Morgan fingerprint density at radius 3 is 2.22 bits per heavy atom. The summed E-state index contributed by atoms with van der Waals surface area (Å²) in [6.45, 7) is 13.4. The maximum atomic E-state index is 12.4. The lowest BCUT2D eigenvalue weighted by molar-refractivity contribution is 0.00688. The fraction of sp³-hybridized carbons (Fsp3) is 0.471. The van der Waals surface area contributed by atoms with E-state index in [1.54, 1.807) is 39.8 Å². The summed E-state index contributed by atoms with van der Waals surface area (Å²) in [5, 5.41) is 19.1. The molecule has 0 heterocycles. The van der Waals surface area contributed by atoms with E-state index in [0.717, 1.165) is 0 Å². The van der Waals surface area contributed by atoms with Gasteiger partial charge in [0.1, 0.15) is 13.7 Å². The van der Waals surface area contributed by atoms with Crippen LogP contribution in [0, 0.1) is 18.4 Å². The van der Waals surface area contributed by atoms with E-state index in [1.165, 1.54) is 0 Å². The average molecular weight is 332 g/mol. The SMILES string of the molecule is Cc1c(B(O)O)cc(C#C[Si](C)(C)C)cc1C(=O)OC(C)(C)C. The number of esters is 1. The van der Waals surface area contributed by atoms with Gasteiger partial charge >= 0.3 is 13.1 Å². The maximum Gasteiger partial charge on any atom is 0.488 e. The molecule has 124 valence electrons. The van der Waals surface area contributed by atoms with Crippen molar-refractivity contribution in [3.63, 3.8) is 0 Å². The standard InChI is InChI=1S/C17H25BO4Si/c1-12-14(16(19)22-17(2,3)4)10-13(8-9-23(5,6)7)11-15(12)18(20)21/h10-11,20-21H,1-7H3. The van der Waals surface area contributed by atoms with Gasteiger partial charge in [-0.3, -0.25) is 0 Å². The van der Waals surface area contributed by atoms with Crippen LogP contribution in [0.4, 0.5) is 0 Å². The largest absolute Gasteiger partial charge is 0.488 e. The molecule has 0 unspecified atom stereocenters. The highest BCUT2D eigenvalue weighted by Gasteiger charge is 2.24. The lowest BCUT2D eigenvalue weighted by Crippen LogP contribution is -2.34. The first-order chi connectivity index (χ1) is 10.3. The van der Waals surface area contributed by atoms with Gasteiger partial charge in [0.2, 0.25) is 0 Å². The summed E-state index contributed by atoms with van der Waals surface area (Å²) in [6, 6.07) is 3.27. The van der Waals surface area contributed by atoms with Crippen LogP contribution in [0.3, 0.4) is 0 Å². The third kappa shape index (κ3) is 6.22. The van der Waals surface area contributed by atoms with Crippen LogP contribution >= 0.6 is 0 Å². The van der Waals surface area contributed by atoms with Crippen LogP contribution in [-0.4, -0.2) is 36.8 Å². The van der Waals surface area contributed by atoms with Crippen molar-refractivity contribution in [2.24, 2.45) is 0 Å². The minimum Gasteiger partial charge on any atom is -0.456 e. The molecule has 0 aliphatic heterocycles. The molecule has 2 N–H and O–H groups in total. The predicted molar refractivity (Wildman–Crippen MR) is 96.4 cm³/mol. The Bertz CT molecular complexity index is 658. The van der Waals surface area contributed by atoms with Gasteiger partial charge in [0.25, 0.3) is 0 Å². The van der Waals surface area contributed by atoms with Gasteiger partial charge in [-0.2, -0.15) is 0 Å². The molecular weight excluding hydrogens is 307 g/mol. The molecule has 0 saturated carbocycles.